The first-order valence-corrected chi connectivity index (χ1v) is 7.85. The van der Waals surface area contributed by atoms with Gasteiger partial charge in [0.05, 0.1) is 30.7 Å². The summed E-state index contributed by atoms with van der Waals surface area (Å²) in [5, 5.41) is 5.74. The van der Waals surface area contributed by atoms with Crippen molar-refractivity contribution in [1.82, 2.24) is 10.3 Å². The molecule has 0 aliphatic carbocycles. The highest BCUT2D eigenvalue weighted by molar-refractivity contribution is 5.94. The zero-order valence-corrected chi connectivity index (χ0v) is 16.0. The number of halogens is 5. The summed E-state index contributed by atoms with van der Waals surface area (Å²) in [4.78, 5) is 16.1. The summed E-state index contributed by atoms with van der Waals surface area (Å²) in [6.07, 6.45) is -2.99. The molecule has 1 atom stereocenters. The number of aromatic nitrogens is 1. The number of pyridine rings is 1. The van der Waals surface area contributed by atoms with Gasteiger partial charge >= 0.3 is 6.18 Å². The molecule has 1 aromatic carbocycles. The zero-order valence-electron chi connectivity index (χ0n) is 14.4. The third-order valence-corrected chi connectivity index (χ3v) is 3.65. The quantitative estimate of drug-likeness (QED) is 0.760. The van der Waals surface area contributed by atoms with Crippen molar-refractivity contribution in [2.45, 2.75) is 12.2 Å². The molecule has 1 amide bonds. The van der Waals surface area contributed by atoms with Gasteiger partial charge < -0.3 is 20.1 Å². The van der Waals surface area contributed by atoms with Gasteiger partial charge in [0.25, 0.3) is 0 Å². The fourth-order valence-corrected chi connectivity index (χ4v) is 2.31. The molecule has 2 N–H and O–H groups in total. The van der Waals surface area contributed by atoms with Crippen LogP contribution in [0.4, 0.5) is 18.9 Å². The van der Waals surface area contributed by atoms with E-state index in [0.29, 0.717) is 25.4 Å². The summed E-state index contributed by atoms with van der Waals surface area (Å²) in [5.74, 6) is 0.190. The average molecular weight is 440 g/mol. The first-order chi connectivity index (χ1) is 12.4. The van der Waals surface area contributed by atoms with Crippen LogP contribution in [0.2, 0.25) is 0 Å². The van der Waals surface area contributed by atoms with Gasteiger partial charge in [0.1, 0.15) is 11.8 Å². The van der Waals surface area contributed by atoms with E-state index < -0.39 is 17.8 Å². The maximum Gasteiger partial charge on any atom is 0.416 e. The Balaban J connectivity index is 0.00000196. The van der Waals surface area contributed by atoms with E-state index in [1.165, 1.54) is 24.4 Å². The predicted molar refractivity (Wildman–Crippen MR) is 101 cm³/mol. The van der Waals surface area contributed by atoms with Crippen molar-refractivity contribution in [3.05, 3.63) is 48.2 Å². The van der Waals surface area contributed by atoms with Gasteiger partial charge in [-0.2, -0.15) is 13.2 Å². The maximum atomic E-state index is 12.5. The van der Waals surface area contributed by atoms with Crippen LogP contribution in [-0.2, 0) is 15.7 Å². The average Bonchev–Trinajstić information content (AvgIpc) is 2.64. The SMILES string of the molecule is Cl.Cl.O=C(Nc1ccc(Oc2ccc(C(F)(F)F)cc2)nc1)C1COCCN1. The highest BCUT2D eigenvalue weighted by Gasteiger charge is 2.30. The molecule has 1 aliphatic heterocycles. The van der Waals surface area contributed by atoms with E-state index in [-0.39, 0.29) is 42.4 Å². The third-order valence-electron chi connectivity index (χ3n) is 3.65. The Hall–Kier alpha value is -2.07. The Morgan fingerprint density at radius 2 is 1.89 bits per heavy atom. The van der Waals surface area contributed by atoms with E-state index in [4.69, 9.17) is 9.47 Å². The molecule has 1 aromatic heterocycles. The number of nitrogens with zero attached hydrogens (tertiary/aromatic N) is 1. The van der Waals surface area contributed by atoms with Crippen molar-refractivity contribution in [3.63, 3.8) is 0 Å². The van der Waals surface area contributed by atoms with Gasteiger partial charge in [0, 0.05) is 12.6 Å². The lowest BCUT2D eigenvalue weighted by Gasteiger charge is -2.22. The summed E-state index contributed by atoms with van der Waals surface area (Å²) in [6.45, 7) is 1.48. The Bertz CT molecular complexity index is 753. The molecule has 3 rings (SSSR count). The van der Waals surface area contributed by atoms with Gasteiger partial charge in [-0.3, -0.25) is 4.79 Å². The molecule has 0 bridgehead atoms. The molecule has 154 valence electrons. The first-order valence-electron chi connectivity index (χ1n) is 7.85. The molecule has 28 heavy (non-hydrogen) atoms. The largest absolute Gasteiger partial charge is 0.439 e. The minimum absolute atomic E-state index is 0. The highest BCUT2D eigenvalue weighted by atomic mass is 35.5. The first kappa shape index (κ1) is 24.0. The fourth-order valence-electron chi connectivity index (χ4n) is 2.31. The minimum Gasteiger partial charge on any atom is -0.439 e. The Morgan fingerprint density at radius 1 is 1.18 bits per heavy atom. The van der Waals surface area contributed by atoms with Crippen LogP contribution in [0, 0.1) is 0 Å². The molecule has 1 fully saturated rings. The number of ether oxygens (including phenoxy) is 2. The van der Waals surface area contributed by atoms with Crippen molar-refractivity contribution in [2.24, 2.45) is 0 Å². The molecule has 1 aliphatic rings. The molecule has 1 unspecified atom stereocenters. The summed E-state index contributed by atoms with van der Waals surface area (Å²) in [6, 6.07) is 6.98. The number of anilines is 1. The summed E-state index contributed by atoms with van der Waals surface area (Å²) < 4.78 is 48.2. The molecular weight excluding hydrogens is 422 g/mol. The Morgan fingerprint density at radius 3 is 2.43 bits per heavy atom. The van der Waals surface area contributed by atoms with Crippen molar-refractivity contribution in [2.75, 3.05) is 25.1 Å². The Labute approximate surface area is 171 Å². The topological polar surface area (TPSA) is 72.5 Å². The van der Waals surface area contributed by atoms with Crippen LogP contribution in [0.15, 0.2) is 42.6 Å². The van der Waals surface area contributed by atoms with Crippen LogP contribution in [0.3, 0.4) is 0 Å². The molecule has 2 aromatic rings. The van der Waals surface area contributed by atoms with E-state index in [0.717, 1.165) is 12.1 Å². The van der Waals surface area contributed by atoms with Crippen LogP contribution in [0.25, 0.3) is 0 Å². The molecule has 6 nitrogen and oxygen atoms in total. The van der Waals surface area contributed by atoms with Crippen molar-refractivity contribution in [3.8, 4) is 11.6 Å². The van der Waals surface area contributed by atoms with Crippen LogP contribution in [0.1, 0.15) is 5.56 Å². The normalized spacial score (nSPS) is 16.3. The van der Waals surface area contributed by atoms with E-state index >= 15 is 0 Å². The maximum absolute atomic E-state index is 12.5. The Kier molecular flexibility index (Phi) is 8.96. The lowest BCUT2D eigenvalue weighted by molar-refractivity contribution is -0.137. The number of benzene rings is 1. The number of hydrogen-bond acceptors (Lipinski definition) is 5. The summed E-state index contributed by atoms with van der Waals surface area (Å²) in [5.41, 5.74) is -0.279. The molecule has 2 heterocycles. The highest BCUT2D eigenvalue weighted by Crippen LogP contribution is 2.31. The molecule has 11 heteroatoms. The van der Waals surface area contributed by atoms with Gasteiger partial charge in [0.2, 0.25) is 11.8 Å². The lowest BCUT2D eigenvalue weighted by Crippen LogP contribution is -2.48. The van der Waals surface area contributed by atoms with Crippen molar-refractivity contribution < 1.29 is 27.4 Å². The van der Waals surface area contributed by atoms with Crippen LogP contribution in [-0.4, -0.2) is 36.7 Å². The molecule has 1 saturated heterocycles. The third kappa shape index (κ3) is 6.52. The summed E-state index contributed by atoms with van der Waals surface area (Å²) >= 11 is 0. The van der Waals surface area contributed by atoms with Gasteiger partial charge in [0.15, 0.2) is 0 Å². The minimum atomic E-state index is -4.39. The number of carbonyl (C=O) groups is 1. The predicted octanol–water partition coefficient (Wildman–Crippen LogP) is 3.66. The van der Waals surface area contributed by atoms with E-state index in [1.807, 2.05) is 0 Å². The second-order valence-electron chi connectivity index (χ2n) is 5.58. The number of rotatable bonds is 4. The second kappa shape index (κ2) is 10.5. The number of amides is 1. The number of morpholine rings is 1. The number of carbonyl (C=O) groups excluding carboxylic acids is 1. The van der Waals surface area contributed by atoms with Crippen LogP contribution < -0.4 is 15.4 Å². The van der Waals surface area contributed by atoms with Gasteiger partial charge in [-0.25, -0.2) is 4.98 Å². The summed E-state index contributed by atoms with van der Waals surface area (Å²) in [7, 11) is 0. The van der Waals surface area contributed by atoms with Crippen LogP contribution in [0.5, 0.6) is 11.6 Å². The van der Waals surface area contributed by atoms with Crippen molar-refractivity contribution in [1.29, 1.82) is 0 Å². The molecule has 0 spiro atoms. The molecule has 0 saturated carbocycles. The number of hydrogen-bond donors (Lipinski definition) is 2. The van der Waals surface area contributed by atoms with Gasteiger partial charge in [-0.1, -0.05) is 0 Å². The lowest BCUT2D eigenvalue weighted by atomic mass is 10.2. The monoisotopic (exact) mass is 439 g/mol. The zero-order chi connectivity index (χ0) is 18.6. The van der Waals surface area contributed by atoms with E-state index in [2.05, 4.69) is 15.6 Å². The number of nitrogens with one attached hydrogen (secondary N) is 2. The van der Waals surface area contributed by atoms with Crippen molar-refractivity contribution >= 4 is 36.4 Å². The van der Waals surface area contributed by atoms with Gasteiger partial charge in [-0.05, 0) is 30.3 Å². The standard InChI is InChI=1S/C17H16F3N3O3.2ClH/c18-17(19,20)11-1-4-13(5-2-11)26-15-6-3-12(9-22-15)23-16(24)14-10-25-8-7-21-14;;/h1-6,9,14,21H,7-8,10H2,(H,23,24);2*1H. The number of alkyl halides is 3. The second-order valence-corrected chi connectivity index (χ2v) is 5.58. The van der Waals surface area contributed by atoms with Crippen LogP contribution >= 0.6 is 24.8 Å². The smallest absolute Gasteiger partial charge is 0.416 e. The fraction of sp³-hybridized carbons (Fsp3) is 0.294. The van der Waals surface area contributed by atoms with Gasteiger partial charge in [-0.15, -0.1) is 24.8 Å². The van der Waals surface area contributed by atoms with E-state index in [9.17, 15) is 18.0 Å². The molecular formula is C17H18Cl2F3N3O3. The molecule has 0 radical (unpaired) electrons. The van der Waals surface area contributed by atoms with E-state index in [1.54, 1.807) is 6.07 Å².